The third-order valence-corrected chi connectivity index (χ3v) is 3.37. The van der Waals surface area contributed by atoms with Crippen molar-refractivity contribution in [2.75, 3.05) is 0 Å². The van der Waals surface area contributed by atoms with Crippen molar-refractivity contribution in [3.63, 3.8) is 0 Å². The highest BCUT2D eigenvalue weighted by Crippen LogP contribution is 2.22. The quantitative estimate of drug-likeness (QED) is 0.575. The molecule has 0 spiro atoms. The van der Waals surface area contributed by atoms with Crippen molar-refractivity contribution in [3.05, 3.63) is 31.4 Å². The minimum Gasteiger partial charge on any atom is -0.297 e. The molecule has 0 aromatic carbocycles. The van der Waals surface area contributed by atoms with Gasteiger partial charge < -0.3 is 0 Å². The van der Waals surface area contributed by atoms with Crippen LogP contribution in [-0.2, 0) is 14.1 Å². The first-order valence-electron chi connectivity index (χ1n) is 5.51. The summed E-state index contributed by atoms with van der Waals surface area (Å²) in [4.78, 5) is 24.1. The maximum atomic E-state index is 12.0. The molecule has 16 heavy (non-hydrogen) atoms. The Balaban J connectivity index is 3.03. The molecule has 0 bridgehead atoms. The molecular formula is C12H16N2O2. The Morgan fingerprint density at radius 3 is 1.88 bits per heavy atom. The van der Waals surface area contributed by atoms with E-state index < -0.39 is 0 Å². The summed E-state index contributed by atoms with van der Waals surface area (Å²) in [5.41, 5.74) is 1.05. The fraction of sp³-hybridized carbons (Fsp3) is 0.500. The van der Waals surface area contributed by atoms with E-state index in [1.807, 2.05) is 0 Å². The summed E-state index contributed by atoms with van der Waals surface area (Å²) in [7, 11) is 3.31. The maximum Gasteiger partial charge on any atom is 0.264 e. The van der Waals surface area contributed by atoms with Gasteiger partial charge in [-0.15, -0.1) is 0 Å². The van der Waals surface area contributed by atoms with Gasteiger partial charge in [0.05, 0.1) is 0 Å². The van der Waals surface area contributed by atoms with Crippen LogP contribution in [0.3, 0.4) is 0 Å². The lowest BCUT2D eigenvalue weighted by atomic mass is 10.2. The van der Waals surface area contributed by atoms with E-state index in [0.29, 0.717) is 10.7 Å². The molecule has 1 saturated carbocycles. The zero-order chi connectivity index (χ0) is 11.9. The summed E-state index contributed by atoms with van der Waals surface area (Å²) in [6.45, 7) is 3.73. The second-order valence-electron chi connectivity index (χ2n) is 4.33. The topological polar surface area (TPSA) is 44.0 Å². The molecule has 1 fully saturated rings. The van der Waals surface area contributed by atoms with Crippen LogP contribution in [0.2, 0.25) is 0 Å². The first-order valence-corrected chi connectivity index (χ1v) is 5.51. The lowest BCUT2D eigenvalue weighted by molar-refractivity contribution is 0.664. The highest BCUT2D eigenvalue weighted by Gasteiger charge is 2.13. The predicted molar refractivity (Wildman–Crippen MR) is 63.6 cm³/mol. The van der Waals surface area contributed by atoms with Gasteiger partial charge in [0.15, 0.2) is 0 Å². The van der Waals surface area contributed by atoms with E-state index in [2.05, 4.69) is 6.58 Å². The molecule has 0 aliphatic heterocycles. The van der Waals surface area contributed by atoms with E-state index in [1.54, 1.807) is 14.1 Å². The van der Waals surface area contributed by atoms with E-state index in [9.17, 15) is 9.59 Å². The minimum absolute atomic E-state index is 0.204. The van der Waals surface area contributed by atoms with Gasteiger partial charge in [-0.1, -0.05) is 12.2 Å². The third kappa shape index (κ3) is 1.45. The van der Waals surface area contributed by atoms with Gasteiger partial charge in [-0.3, -0.25) is 18.7 Å². The van der Waals surface area contributed by atoms with E-state index in [0.717, 1.165) is 31.3 Å². The minimum atomic E-state index is -0.204. The number of hydrogen-bond acceptors (Lipinski definition) is 2. The van der Waals surface area contributed by atoms with Gasteiger partial charge in [-0.05, 0) is 25.7 Å². The zero-order valence-electron chi connectivity index (χ0n) is 9.75. The molecule has 0 saturated heterocycles. The Kier molecular flexibility index (Phi) is 2.58. The highest BCUT2D eigenvalue weighted by molar-refractivity contribution is 5.45. The summed E-state index contributed by atoms with van der Waals surface area (Å²) in [5, 5.41) is 0.370. The smallest absolute Gasteiger partial charge is 0.264 e. The zero-order valence-corrected chi connectivity index (χ0v) is 9.75. The van der Waals surface area contributed by atoms with Crippen molar-refractivity contribution in [1.29, 1.82) is 0 Å². The molecule has 0 N–H and O–H groups in total. The van der Waals surface area contributed by atoms with Gasteiger partial charge in [0.2, 0.25) is 0 Å². The van der Waals surface area contributed by atoms with Gasteiger partial charge in [-0.2, -0.15) is 0 Å². The van der Waals surface area contributed by atoms with Crippen molar-refractivity contribution in [2.24, 2.45) is 14.1 Å². The van der Waals surface area contributed by atoms with Crippen molar-refractivity contribution >= 4 is 12.2 Å². The van der Waals surface area contributed by atoms with Crippen LogP contribution >= 0.6 is 0 Å². The van der Waals surface area contributed by atoms with Crippen molar-refractivity contribution in [1.82, 2.24) is 9.13 Å². The van der Waals surface area contributed by atoms with E-state index >= 15 is 0 Å². The number of rotatable bonds is 0. The van der Waals surface area contributed by atoms with E-state index in [1.165, 1.54) is 9.13 Å². The van der Waals surface area contributed by atoms with Crippen molar-refractivity contribution < 1.29 is 0 Å². The first-order chi connectivity index (χ1) is 7.54. The van der Waals surface area contributed by atoms with Crippen LogP contribution in [0.4, 0.5) is 0 Å². The Morgan fingerprint density at radius 1 is 1.00 bits per heavy atom. The monoisotopic (exact) mass is 220 g/mol. The Morgan fingerprint density at radius 2 is 1.44 bits per heavy atom. The number of nitrogens with zero attached hydrogens (tertiary/aromatic N) is 2. The molecule has 4 nitrogen and oxygen atoms in total. The Labute approximate surface area is 93.1 Å². The van der Waals surface area contributed by atoms with Crippen LogP contribution in [0.25, 0.3) is 12.2 Å². The summed E-state index contributed by atoms with van der Waals surface area (Å²) >= 11 is 0. The Hall–Kier alpha value is -1.58. The molecule has 1 aromatic heterocycles. The fourth-order valence-corrected chi connectivity index (χ4v) is 2.24. The largest absolute Gasteiger partial charge is 0.297 e. The lowest BCUT2D eigenvalue weighted by Crippen LogP contribution is -2.57. The maximum absolute atomic E-state index is 12.0. The molecule has 1 aliphatic carbocycles. The standard InChI is InChI=1S/C12H16N2O2/c1-8-13(2)11(15)10(12(16)14(8)3)9-6-4-5-7-9/h1,4-7H2,2-3H3. The summed E-state index contributed by atoms with van der Waals surface area (Å²) in [6, 6.07) is 0. The normalized spacial score (nSPS) is 15.8. The number of hydrogen-bond donors (Lipinski definition) is 0. The number of aromatic nitrogens is 2. The molecule has 1 aromatic rings. The summed E-state index contributed by atoms with van der Waals surface area (Å²) in [5.74, 6) is 0. The second-order valence-corrected chi connectivity index (χ2v) is 4.33. The molecular weight excluding hydrogens is 204 g/mol. The average molecular weight is 220 g/mol. The molecule has 1 aliphatic rings. The molecule has 1 heterocycles. The molecule has 4 heteroatoms. The first kappa shape index (κ1) is 10.9. The van der Waals surface area contributed by atoms with E-state index in [-0.39, 0.29) is 11.1 Å². The average Bonchev–Trinajstić information content (AvgIpc) is 2.77. The molecule has 0 amide bonds. The summed E-state index contributed by atoms with van der Waals surface area (Å²) < 4.78 is 2.89. The van der Waals surface area contributed by atoms with Gasteiger partial charge >= 0.3 is 0 Å². The lowest BCUT2D eigenvalue weighted by Gasteiger charge is -2.05. The van der Waals surface area contributed by atoms with E-state index in [4.69, 9.17) is 0 Å². The SMILES string of the molecule is C=c1n(C)c(=O)c(=C2CCCC2)c(=O)n1C. The van der Waals surface area contributed by atoms with Gasteiger partial charge in [-0.25, -0.2) is 0 Å². The molecule has 2 rings (SSSR count). The third-order valence-electron chi connectivity index (χ3n) is 3.37. The van der Waals surface area contributed by atoms with Crippen molar-refractivity contribution in [3.8, 4) is 0 Å². The van der Waals surface area contributed by atoms with Crippen LogP contribution in [0.15, 0.2) is 9.59 Å². The Bertz CT molecular complexity index is 598. The second kappa shape index (κ2) is 3.77. The predicted octanol–water partition coefficient (Wildman–Crippen LogP) is -0.781. The van der Waals surface area contributed by atoms with Gasteiger partial charge in [0, 0.05) is 14.1 Å². The molecule has 0 radical (unpaired) electrons. The van der Waals surface area contributed by atoms with Gasteiger partial charge in [0.1, 0.15) is 10.7 Å². The van der Waals surface area contributed by atoms with Gasteiger partial charge in [0.25, 0.3) is 11.1 Å². The van der Waals surface area contributed by atoms with Crippen molar-refractivity contribution in [2.45, 2.75) is 25.7 Å². The van der Waals surface area contributed by atoms with Crippen LogP contribution in [0.5, 0.6) is 0 Å². The van der Waals surface area contributed by atoms with Crippen LogP contribution < -0.4 is 21.8 Å². The molecule has 0 atom stereocenters. The van der Waals surface area contributed by atoms with Crippen LogP contribution in [-0.4, -0.2) is 9.13 Å². The highest BCUT2D eigenvalue weighted by atomic mass is 16.1. The summed E-state index contributed by atoms with van der Waals surface area (Å²) in [6.07, 6.45) is 3.91. The fourth-order valence-electron chi connectivity index (χ4n) is 2.24. The molecule has 86 valence electrons. The van der Waals surface area contributed by atoms with Crippen LogP contribution in [0.1, 0.15) is 25.7 Å². The van der Waals surface area contributed by atoms with Crippen LogP contribution in [0, 0.1) is 0 Å². The molecule has 0 unspecified atom stereocenters.